The van der Waals surface area contributed by atoms with E-state index in [1.165, 1.54) is 6.21 Å². The van der Waals surface area contributed by atoms with Gasteiger partial charge in [0, 0.05) is 11.3 Å². The Labute approximate surface area is 218 Å². The Bertz CT molecular complexity index is 1230. The first kappa shape index (κ1) is 26.7. The van der Waals surface area contributed by atoms with Crippen LogP contribution in [0.1, 0.15) is 35.3 Å². The monoisotopic (exact) mass is 553 g/mol. The van der Waals surface area contributed by atoms with Crippen LogP contribution in [0.2, 0.25) is 0 Å². The van der Waals surface area contributed by atoms with Crippen LogP contribution in [-0.4, -0.2) is 37.8 Å². The van der Waals surface area contributed by atoms with E-state index in [1.54, 1.807) is 36.4 Å². The van der Waals surface area contributed by atoms with Crippen LogP contribution in [0.5, 0.6) is 17.2 Å². The van der Waals surface area contributed by atoms with Gasteiger partial charge in [-0.3, -0.25) is 9.59 Å². The zero-order chi connectivity index (χ0) is 25.9. The van der Waals surface area contributed by atoms with Crippen LogP contribution in [0.15, 0.2) is 70.2 Å². The summed E-state index contributed by atoms with van der Waals surface area (Å²) < 4.78 is 17.3. The largest absolute Gasteiger partial charge is 0.490 e. The minimum Gasteiger partial charge on any atom is -0.490 e. The molecule has 0 radical (unpaired) electrons. The third kappa shape index (κ3) is 7.84. The van der Waals surface area contributed by atoms with Crippen LogP contribution in [0.25, 0.3) is 0 Å². The summed E-state index contributed by atoms with van der Waals surface area (Å²) in [4.78, 5) is 24.6. The average Bonchev–Trinajstić information content (AvgIpc) is 2.86. The Hall–Kier alpha value is -3.85. The lowest BCUT2D eigenvalue weighted by Crippen LogP contribution is -2.20. The van der Waals surface area contributed by atoms with Crippen LogP contribution in [0, 0.1) is 6.92 Å². The number of halogens is 1. The summed E-state index contributed by atoms with van der Waals surface area (Å²) >= 11 is 3.44. The fourth-order valence-corrected chi connectivity index (χ4v) is 3.63. The number of ether oxygens (including phenoxy) is 3. The van der Waals surface area contributed by atoms with Crippen LogP contribution in [0.4, 0.5) is 5.69 Å². The molecule has 0 aromatic heterocycles. The van der Waals surface area contributed by atoms with Gasteiger partial charge in [0.1, 0.15) is 5.75 Å². The maximum atomic E-state index is 12.5. The van der Waals surface area contributed by atoms with Crippen LogP contribution in [0.3, 0.4) is 0 Å². The minimum absolute atomic E-state index is 0.137. The third-order valence-electron chi connectivity index (χ3n) is 4.84. The molecule has 0 bridgehead atoms. The molecule has 0 heterocycles. The maximum absolute atomic E-state index is 12.5. The summed E-state index contributed by atoms with van der Waals surface area (Å²) in [5.41, 5.74) is 5.45. The molecule has 0 aliphatic carbocycles. The van der Waals surface area contributed by atoms with Crippen molar-refractivity contribution in [2.75, 3.05) is 25.1 Å². The van der Waals surface area contributed by atoms with Gasteiger partial charge in [0.05, 0.1) is 23.9 Å². The van der Waals surface area contributed by atoms with Gasteiger partial charge in [-0.15, -0.1) is 0 Å². The van der Waals surface area contributed by atoms with Gasteiger partial charge in [0.25, 0.3) is 11.8 Å². The molecular formula is C27H28BrN3O5. The summed E-state index contributed by atoms with van der Waals surface area (Å²) in [6.07, 6.45) is 1.51. The van der Waals surface area contributed by atoms with Crippen LogP contribution >= 0.6 is 15.9 Å². The summed E-state index contributed by atoms with van der Waals surface area (Å²) in [6, 6.07) is 17.7. The van der Waals surface area contributed by atoms with Crippen molar-refractivity contribution in [1.29, 1.82) is 0 Å². The average molecular weight is 554 g/mol. The molecular weight excluding hydrogens is 526 g/mol. The highest BCUT2D eigenvalue weighted by molar-refractivity contribution is 9.10. The van der Waals surface area contributed by atoms with Gasteiger partial charge in [-0.05, 0) is 90.8 Å². The van der Waals surface area contributed by atoms with E-state index in [0.717, 1.165) is 11.1 Å². The summed E-state index contributed by atoms with van der Waals surface area (Å²) in [5.74, 6) is 0.949. The van der Waals surface area contributed by atoms with Gasteiger partial charge >= 0.3 is 0 Å². The Morgan fingerprint density at radius 2 is 1.58 bits per heavy atom. The molecule has 8 nitrogen and oxygen atoms in total. The number of hydrazone groups is 1. The van der Waals surface area contributed by atoms with Gasteiger partial charge < -0.3 is 19.5 Å². The third-order valence-corrected chi connectivity index (χ3v) is 5.46. The van der Waals surface area contributed by atoms with Crippen LogP contribution in [-0.2, 0) is 4.79 Å². The predicted molar refractivity (Wildman–Crippen MR) is 143 cm³/mol. The van der Waals surface area contributed by atoms with Crippen molar-refractivity contribution in [1.82, 2.24) is 5.43 Å². The first-order valence-corrected chi connectivity index (χ1v) is 12.2. The number of rotatable bonds is 11. The van der Waals surface area contributed by atoms with Crippen molar-refractivity contribution < 1.29 is 23.8 Å². The van der Waals surface area contributed by atoms with Crippen molar-refractivity contribution in [3.8, 4) is 17.2 Å². The standard InChI is InChI=1S/C27H28BrN3O5/c1-4-34-24-13-9-20(15-25(24)35-5-2)27(33)31-29-16-19-8-12-23(22(28)14-19)36-17-26(32)30-21-10-6-18(3)7-11-21/h6-16H,4-5,17H2,1-3H3,(H,30,32)(H,31,33)/b29-16+. The molecule has 0 saturated heterocycles. The second-order valence-corrected chi connectivity index (χ2v) is 8.47. The van der Waals surface area contributed by atoms with E-state index in [4.69, 9.17) is 14.2 Å². The number of benzene rings is 3. The van der Waals surface area contributed by atoms with Gasteiger partial charge in [-0.2, -0.15) is 5.10 Å². The maximum Gasteiger partial charge on any atom is 0.271 e. The highest BCUT2D eigenvalue weighted by atomic mass is 79.9. The lowest BCUT2D eigenvalue weighted by molar-refractivity contribution is -0.118. The number of anilines is 1. The lowest BCUT2D eigenvalue weighted by Gasteiger charge is -2.11. The Balaban J connectivity index is 1.54. The van der Waals surface area contributed by atoms with Crippen molar-refractivity contribution in [3.63, 3.8) is 0 Å². The minimum atomic E-state index is -0.381. The Kier molecular flexibility index (Phi) is 9.88. The quantitative estimate of drug-likeness (QED) is 0.247. The smallest absolute Gasteiger partial charge is 0.271 e. The number of aryl methyl sites for hydroxylation is 1. The van der Waals surface area contributed by atoms with Gasteiger partial charge in [0.15, 0.2) is 18.1 Å². The number of nitrogens with one attached hydrogen (secondary N) is 2. The fourth-order valence-electron chi connectivity index (χ4n) is 3.11. The molecule has 0 atom stereocenters. The van der Waals surface area contributed by atoms with Gasteiger partial charge in [-0.25, -0.2) is 5.43 Å². The SMILES string of the molecule is CCOc1ccc(C(=O)N/N=C/c2ccc(OCC(=O)Nc3ccc(C)cc3)c(Br)c2)cc1OCC. The molecule has 36 heavy (non-hydrogen) atoms. The van der Waals surface area contributed by atoms with Crippen molar-refractivity contribution >= 4 is 39.6 Å². The van der Waals surface area contributed by atoms with E-state index in [2.05, 4.69) is 31.8 Å². The molecule has 3 aromatic carbocycles. The van der Waals surface area contributed by atoms with Gasteiger partial charge in [0.2, 0.25) is 0 Å². The molecule has 3 aromatic rings. The van der Waals surface area contributed by atoms with Crippen molar-refractivity contribution in [2.45, 2.75) is 20.8 Å². The highest BCUT2D eigenvalue weighted by Crippen LogP contribution is 2.28. The zero-order valence-electron chi connectivity index (χ0n) is 20.3. The molecule has 188 valence electrons. The molecule has 2 amide bonds. The molecule has 0 fully saturated rings. The summed E-state index contributed by atoms with van der Waals surface area (Å²) in [6.45, 7) is 6.54. The van der Waals surface area contributed by atoms with Crippen LogP contribution < -0.4 is 25.0 Å². The lowest BCUT2D eigenvalue weighted by atomic mass is 10.2. The van der Waals surface area contributed by atoms with E-state index in [0.29, 0.717) is 46.2 Å². The summed E-state index contributed by atoms with van der Waals surface area (Å²) in [7, 11) is 0. The van der Waals surface area contributed by atoms with Crippen molar-refractivity contribution in [2.24, 2.45) is 5.10 Å². The van der Waals surface area contributed by atoms with E-state index in [-0.39, 0.29) is 18.4 Å². The molecule has 0 aliphatic heterocycles. The molecule has 0 spiro atoms. The highest BCUT2D eigenvalue weighted by Gasteiger charge is 2.11. The second kappa shape index (κ2) is 13.3. The molecule has 0 saturated carbocycles. The predicted octanol–water partition coefficient (Wildman–Crippen LogP) is 5.34. The molecule has 2 N–H and O–H groups in total. The van der Waals surface area contributed by atoms with Crippen molar-refractivity contribution in [3.05, 3.63) is 81.8 Å². The van der Waals surface area contributed by atoms with E-state index in [1.807, 2.05) is 45.0 Å². The number of carbonyl (C=O) groups is 2. The van der Waals surface area contributed by atoms with E-state index < -0.39 is 0 Å². The Morgan fingerprint density at radius 1 is 0.889 bits per heavy atom. The fraction of sp³-hybridized carbons (Fsp3) is 0.222. The normalized spacial score (nSPS) is 10.7. The van der Waals surface area contributed by atoms with E-state index in [9.17, 15) is 9.59 Å². The topological polar surface area (TPSA) is 98.3 Å². The number of nitrogens with zero attached hydrogens (tertiary/aromatic N) is 1. The number of carbonyl (C=O) groups excluding carboxylic acids is 2. The first-order chi connectivity index (χ1) is 17.4. The number of hydrogen-bond acceptors (Lipinski definition) is 6. The molecule has 3 rings (SSSR count). The van der Waals surface area contributed by atoms with Gasteiger partial charge in [-0.1, -0.05) is 17.7 Å². The molecule has 9 heteroatoms. The Morgan fingerprint density at radius 3 is 2.28 bits per heavy atom. The first-order valence-electron chi connectivity index (χ1n) is 11.4. The molecule has 0 unspecified atom stereocenters. The number of amides is 2. The zero-order valence-corrected chi connectivity index (χ0v) is 21.9. The second-order valence-electron chi connectivity index (χ2n) is 7.62. The van der Waals surface area contributed by atoms with E-state index >= 15 is 0 Å². The molecule has 0 aliphatic rings. The summed E-state index contributed by atoms with van der Waals surface area (Å²) in [5, 5.41) is 6.81. The number of hydrogen-bond donors (Lipinski definition) is 2.